The molecular formula is C15H22N2O. The van der Waals surface area contributed by atoms with Crippen LogP contribution in [0.1, 0.15) is 12.5 Å². The quantitative estimate of drug-likeness (QED) is 0.879. The van der Waals surface area contributed by atoms with Gasteiger partial charge in [-0.2, -0.15) is 0 Å². The second-order valence-corrected chi connectivity index (χ2v) is 5.60. The fraction of sp³-hybridized carbons (Fsp3) is 0.600. The molecule has 3 unspecified atom stereocenters. The molecular weight excluding hydrogens is 224 g/mol. The molecule has 2 saturated heterocycles. The predicted molar refractivity (Wildman–Crippen MR) is 72.7 cm³/mol. The molecule has 0 spiro atoms. The molecule has 0 saturated carbocycles. The van der Waals surface area contributed by atoms with Gasteiger partial charge in [0.05, 0.1) is 7.11 Å². The van der Waals surface area contributed by atoms with Gasteiger partial charge in [-0.15, -0.1) is 0 Å². The molecule has 0 aliphatic carbocycles. The van der Waals surface area contributed by atoms with Gasteiger partial charge in [0.1, 0.15) is 5.75 Å². The third-order valence-corrected chi connectivity index (χ3v) is 4.58. The monoisotopic (exact) mass is 246 g/mol. The van der Waals surface area contributed by atoms with Crippen LogP contribution in [0.15, 0.2) is 24.3 Å². The van der Waals surface area contributed by atoms with Crippen molar-refractivity contribution < 1.29 is 4.74 Å². The molecule has 0 radical (unpaired) electrons. The number of nitrogens with zero attached hydrogens (tertiary/aromatic N) is 1. The van der Waals surface area contributed by atoms with Gasteiger partial charge < -0.3 is 10.1 Å². The third-order valence-electron chi connectivity index (χ3n) is 4.58. The van der Waals surface area contributed by atoms with Gasteiger partial charge in [-0.25, -0.2) is 0 Å². The first-order valence-corrected chi connectivity index (χ1v) is 6.85. The Morgan fingerprint density at radius 1 is 1.39 bits per heavy atom. The molecule has 2 fully saturated rings. The first kappa shape index (κ1) is 12.0. The summed E-state index contributed by atoms with van der Waals surface area (Å²) in [5, 5.41) is 3.51. The topological polar surface area (TPSA) is 24.5 Å². The van der Waals surface area contributed by atoms with Crippen LogP contribution in [0.25, 0.3) is 0 Å². The van der Waals surface area contributed by atoms with Crippen molar-refractivity contribution >= 4 is 0 Å². The summed E-state index contributed by atoms with van der Waals surface area (Å²) in [6.07, 6.45) is 0. The molecule has 3 atom stereocenters. The van der Waals surface area contributed by atoms with Gasteiger partial charge in [0.25, 0.3) is 0 Å². The van der Waals surface area contributed by atoms with Crippen LogP contribution in [0, 0.1) is 11.8 Å². The Kier molecular flexibility index (Phi) is 3.27. The number of fused-ring (bicyclic) bond motifs is 1. The zero-order chi connectivity index (χ0) is 12.5. The van der Waals surface area contributed by atoms with Crippen molar-refractivity contribution in [2.75, 3.05) is 26.7 Å². The number of hydrogen-bond donors (Lipinski definition) is 1. The van der Waals surface area contributed by atoms with E-state index in [4.69, 9.17) is 4.74 Å². The lowest BCUT2D eigenvalue weighted by atomic mass is 9.95. The van der Waals surface area contributed by atoms with Crippen molar-refractivity contribution in [3.8, 4) is 5.75 Å². The predicted octanol–water partition coefficient (Wildman–Crippen LogP) is 1.73. The lowest BCUT2D eigenvalue weighted by molar-refractivity contribution is 0.231. The normalized spacial score (nSPS) is 31.6. The third kappa shape index (κ3) is 2.13. The molecule has 3 heteroatoms. The van der Waals surface area contributed by atoms with Crippen LogP contribution in [0.5, 0.6) is 5.75 Å². The van der Waals surface area contributed by atoms with E-state index in [1.165, 1.54) is 25.2 Å². The smallest absolute Gasteiger partial charge is 0.119 e. The number of nitrogens with one attached hydrogen (secondary N) is 1. The summed E-state index contributed by atoms with van der Waals surface area (Å²) in [5.41, 5.74) is 1.36. The van der Waals surface area contributed by atoms with Gasteiger partial charge in [-0.1, -0.05) is 12.1 Å². The van der Waals surface area contributed by atoms with E-state index >= 15 is 0 Å². The standard InChI is InChI=1S/C15H22N2O/c1-11-15-8-16-7-13(15)10-17(11)9-12-4-3-5-14(6-12)18-2/h3-6,11,13,15-16H,7-10H2,1-2H3. The number of benzene rings is 1. The van der Waals surface area contributed by atoms with Crippen molar-refractivity contribution in [3.05, 3.63) is 29.8 Å². The number of likely N-dealkylation sites (tertiary alicyclic amines) is 1. The molecule has 98 valence electrons. The lowest BCUT2D eigenvalue weighted by Gasteiger charge is -2.24. The molecule has 3 rings (SSSR count). The molecule has 0 aromatic heterocycles. The number of ether oxygens (including phenoxy) is 1. The average Bonchev–Trinajstić information content (AvgIpc) is 2.95. The molecule has 1 aromatic carbocycles. The van der Waals surface area contributed by atoms with Crippen molar-refractivity contribution in [3.63, 3.8) is 0 Å². The first-order valence-electron chi connectivity index (χ1n) is 6.85. The molecule has 1 N–H and O–H groups in total. The Labute approximate surface area is 109 Å². The van der Waals surface area contributed by atoms with Crippen LogP contribution in [0.2, 0.25) is 0 Å². The largest absolute Gasteiger partial charge is 0.497 e. The molecule has 1 aromatic rings. The first-order chi connectivity index (χ1) is 8.78. The molecule has 0 bridgehead atoms. The summed E-state index contributed by atoms with van der Waals surface area (Å²) in [4.78, 5) is 2.62. The summed E-state index contributed by atoms with van der Waals surface area (Å²) in [5.74, 6) is 2.66. The van der Waals surface area contributed by atoms with E-state index in [2.05, 4.69) is 35.3 Å². The maximum atomic E-state index is 5.29. The summed E-state index contributed by atoms with van der Waals surface area (Å²) in [6.45, 7) is 7.04. The average molecular weight is 246 g/mol. The SMILES string of the molecule is COc1cccc(CN2CC3CNCC3C2C)c1. The Hall–Kier alpha value is -1.06. The van der Waals surface area contributed by atoms with Gasteiger partial charge in [-0.3, -0.25) is 4.90 Å². The van der Waals surface area contributed by atoms with Crippen molar-refractivity contribution in [2.45, 2.75) is 19.5 Å². The highest BCUT2D eigenvalue weighted by Gasteiger charge is 2.41. The summed E-state index contributed by atoms with van der Waals surface area (Å²) in [7, 11) is 1.73. The molecule has 0 amide bonds. The molecule has 3 nitrogen and oxygen atoms in total. The van der Waals surface area contributed by atoms with Crippen LogP contribution in [0.4, 0.5) is 0 Å². The maximum absolute atomic E-state index is 5.29. The highest BCUT2D eigenvalue weighted by molar-refractivity contribution is 5.28. The van der Waals surface area contributed by atoms with Crippen LogP contribution in [-0.4, -0.2) is 37.7 Å². The van der Waals surface area contributed by atoms with E-state index in [0.717, 1.165) is 24.1 Å². The molecule has 18 heavy (non-hydrogen) atoms. The van der Waals surface area contributed by atoms with E-state index < -0.39 is 0 Å². The van der Waals surface area contributed by atoms with Crippen LogP contribution < -0.4 is 10.1 Å². The number of methoxy groups -OCH3 is 1. The van der Waals surface area contributed by atoms with E-state index in [0.29, 0.717) is 6.04 Å². The number of hydrogen-bond acceptors (Lipinski definition) is 3. The zero-order valence-corrected chi connectivity index (χ0v) is 11.2. The zero-order valence-electron chi connectivity index (χ0n) is 11.2. The minimum absolute atomic E-state index is 0.691. The van der Waals surface area contributed by atoms with E-state index in [1.807, 2.05) is 6.07 Å². The summed E-state index contributed by atoms with van der Waals surface area (Å²) in [6, 6.07) is 9.13. The second-order valence-electron chi connectivity index (χ2n) is 5.60. The minimum atomic E-state index is 0.691. The van der Waals surface area contributed by atoms with Gasteiger partial charge in [0.2, 0.25) is 0 Å². The van der Waals surface area contributed by atoms with Gasteiger partial charge in [0, 0.05) is 19.1 Å². The Bertz CT molecular complexity index is 421. The van der Waals surface area contributed by atoms with Gasteiger partial charge >= 0.3 is 0 Å². The maximum Gasteiger partial charge on any atom is 0.119 e. The highest BCUT2D eigenvalue weighted by Crippen LogP contribution is 2.33. The van der Waals surface area contributed by atoms with Crippen molar-refractivity contribution in [1.82, 2.24) is 10.2 Å². The molecule has 2 aliphatic rings. The van der Waals surface area contributed by atoms with Crippen LogP contribution in [-0.2, 0) is 6.54 Å². The van der Waals surface area contributed by atoms with E-state index in [1.54, 1.807) is 7.11 Å². The fourth-order valence-corrected chi connectivity index (χ4v) is 3.47. The summed E-state index contributed by atoms with van der Waals surface area (Å²) >= 11 is 0. The van der Waals surface area contributed by atoms with E-state index in [9.17, 15) is 0 Å². The lowest BCUT2D eigenvalue weighted by Crippen LogP contribution is -2.32. The fourth-order valence-electron chi connectivity index (χ4n) is 3.47. The van der Waals surface area contributed by atoms with Gasteiger partial charge in [-0.05, 0) is 49.5 Å². The van der Waals surface area contributed by atoms with Crippen molar-refractivity contribution in [1.29, 1.82) is 0 Å². The second kappa shape index (κ2) is 4.90. The highest BCUT2D eigenvalue weighted by atomic mass is 16.5. The number of rotatable bonds is 3. The summed E-state index contributed by atoms with van der Waals surface area (Å²) < 4.78 is 5.29. The minimum Gasteiger partial charge on any atom is -0.497 e. The Morgan fingerprint density at radius 2 is 2.28 bits per heavy atom. The van der Waals surface area contributed by atoms with Crippen LogP contribution in [0.3, 0.4) is 0 Å². The van der Waals surface area contributed by atoms with Crippen molar-refractivity contribution in [2.24, 2.45) is 11.8 Å². The molecule has 2 heterocycles. The van der Waals surface area contributed by atoms with Gasteiger partial charge in [0.15, 0.2) is 0 Å². The molecule has 2 aliphatic heterocycles. The van der Waals surface area contributed by atoms with E-state index in [-0.39, 0.29) is 0 Å². The Morgan fingerprint density at radius 3 is 3.06 bits per heavy atom. The van der Waals surface area contributed by atoms with Crippen LogP contribution >= 0.6 is 0 Å². The Balaban J connectivity index is 1.69.